The van der Waals surface area contributed by atoms with Crippen LogP contribution in [0.25, 0.3) is 0 Å². The smallest absolute Gasteiger partial charge is 0.247 e. The number of hydrogen-bond acceptors (Lipinski definition) is 6. The maximum Gasteiger partial charge on any atom is 0.247 e. The van der Waals surface area contributed by atoms with E-state index in [0.717, 1.165) is 5.56 Å². The lowest BCUT2D eigenvalue weighted by Crippen LogP contribution is -2.60. The lowest BCUT2D eigenvalue weighted by atomic mass is 9.75. The van der Waals surface area contributed by atoms with Gasteiger partial charge in [-0.25, -0.2) is 0 Å². The van der Waals surface area contributed by atoms with Crippen LogP contribution in [-0.4, -0.2) is 85.2 Å². The number of nitrogens with zero attached hydrogens (tertiary/aromatic N) is 1. The summed E-state index contributed by atoms with van der Waals surface area (Å²) in [4.78, 5) is 54.9. The molecule has 2 saturated heterocycles. The molecule has 0 radical (unpaired) electrons. The lowest BCUT2D eigenvalue weighted by Gasteiger charge is -2.41. The van der Waals surface area contributed by atoms with Gasteiger partial charge in [-0.1, -0.05) is 42.5 Å². The molecule has 2 fully saturated rings. The molecule has 0 saturated carbocycles. The number of carbonyl (C=O) groups is 4. The molecule has 3 N–H and O–H groups in total. The van der Waals surface area contributed by atoms with Crippen molar-refractivity contribution < 1.29 is 28.7 Å². The minimum atomic E-state index is -0.788. The average molecular weight is 597 g/mol. The van der Waals surface area contributed by atoms with Crippen molar-refractivity contribution in [2.45, 2.75) is 89.9 Å². The van der Waals surface area contributed by atoms with Gasteiger partial charge in [-0.2, -0.15) is 0 Å². The number of hydrogen-bond donors (Lipinski definition) is 3. The number of amides is 4. The molecular weight excluding hydrogens is 548 g/mol. The number of nitrogens with one attached hydrogen (secondary N) is 3. The summed E-state index contributed by atoms with van der Waals surface area (Å²) in [6.07, 6.45) is 7.52. The molecule has 1 spiro atoms. The monoisotopic (exact) mass is 596 g/mol. The van der Waals surface area contributed by atoms with E-state index in [0.29, 0.717) is 64.8 Å². The molecule has 3 aliphatic rings. The molecule has 4 amide bonds. The van der Waals surface area contributed by atoms with Gasteiger partial charge in [-0.3, -0.25) is 19.2 Å². The molecule has 236 valence electrons. The van der Waals surface area contributed by atoms with E-state index in [-0.39, 0.29) is 42.2 Å². The molecule has 3 heterocycles. The third-order valence-electron chi connectivity index (χ3n) is 8.68. The molecule has 10 nitrogen and oxygen atoms in total. The minimum Gasteiger partial charge on any atom is -0.381 e. The summed E-state index contributed by atoms with van der Waals surface area (Å²) < 4.78 is 11.5. The Bertz CT molecular complexity index is 1160. The zero-order valence-electron chi connectivity index (χ0n) is 26.0. The highest BCUT2D eigenvalue weighted by Gasteiger charge is 2.42. The predicted octanol–water partition coefficient (Wildman–Crippen LogP) is 2.51. The maximum atomic E-state index is 13.8. The van der Waals surface area contributed by atoms with Gasteiger partial charge in [0.1, 0.15) is 12.1 Å². The van der Waals surface area contributed by atoms with Crippen LogP contribution in [0.4, 0.5) is 0 Å². The summed E-state index contributed by atoms with van der Waals surface area (Å²) in [5.41, 5.74) is -0.120. The Hall–Kier alpha value is -3.24. The van der Waals surface area contributed by atoms with Crippen LogP contribution in [0.5, 0.6) is 0 Å². The first-order chi connectivity index (χ1) is 20.5. The fourth-order valence-corrected chi connectivity index (χ4v) is 6.15. The molecule has 43 heavy (non-hydrogen) atoms. The number of ether oxygens (including phenoxy) is 2. The van der Waals surface area contributed by atoms with Gasteiger partial charge >= 0.3 is 0 Å². The largest absolute Gasteiger partial charge is 0.381 e. The fourth-order valence-electron chi connectivity index (χ4n) is 6.15. The van der Waals surface area contributed by atoms with Gasteiger partial charge in [0.15, 0.2) is 0 Å². The summed E-state index contributed by atoms with van der Waals surface area (Å²) in [6, 6.07) is 8.03. The summed E-state index contributed by atoms with van der Waals surface area (Å²) in [7, 11) is 0. The quantitative estimate of drug-likeness (QED) is 0.434. The van der Waals surface area contributed by atoms with Crippen molar-refractivity contribution in [3.8, 4) is 0 Å². The Morgan fingerprint density at radius 2 is 1.84 bits per heavy atom. The van der Waals surface area contributed by atoms with Gasteiger partial charge in [-0.05, 0) is 58.4 Å². The van der Waals surface area contributed by atoms with Gasteiger partial charge in [0, 0.05) is 51.6 Å². The van der Waals surface area contributed by atoms with E-state index in [4.69, 9.17) is 9.47 Å². The first-order valence-corrected chi connectivity index (χ1v) is 15.5. The van der Waals surface area contributed by atoms with Crippen LogP contribution in [-0.2, 0) is 35.1 Å². The van der Waals surface area contributed by atoms with E-state index in [9.17, 15) is 19.2 Å². The van der Waals surface area contributed by atoms with E-state index in [2.05, 4.69) is 28.1 Å². The summed E-state index contributed by atoms with van der Waals surface area (Å²) in [6.45, 7) is 9.09. The van der Waals surface area contributed by atoms with Gasteiger partial charge < -0.3 is 30.3 Å². The van der Waals surface area contributed by atoms with Crippen molar-refractivity contribution >= 4 is 23.6 Å². The summed E-state index contributed by atoms with van der Waals surface area (Å²) in [5, 5.41) is 9.12. The van der Waals surface area contributed by atoms with E-state index in [1.807, 2.05) is 51.1 Å². The molecule has 4 atom stereocenters. The number of likely N-dealkylation sites (tertiary alicyclic amines) is 1. The van der Waals surface area contributed by atoms with Crippen LogP contribution in [0.3, 0.4) is 0 Å². The van der Waals surface area contributed by atoms with Crippen molar-refractivity contribution in [3.63, 3.8) is 0 Å². The van der Waals surface area contributed by atoms with E-state index in [1.165, 1.54) is 6.92 Å². The highest BCUT2D eigenvalue weighted by molar-refractivity contribution is 5.91. The van der Waals surface area contributed by atoms with Crippen molar-refractivity contribution in [1.82, 2.24) is 20.9 Å². The SMILES string of the molecule is CC(=O)N[C@@H](COC(C)(C)C)C(=O)N1CC[C@@H]2NC(=O)[C@@H](Cc3ccccc3)NC(=O)C3(C/C=C/C[C@H]2C1)CCOCC3. The Balaban J connectivity index is 1.55. The van der Waals surface area contributed by atoms with Gasteiger partial charge in [0.05, 0.1) is 17.6 Å². The normalized spacial score (nSPS) is 26.1. The van der Waals surface area contributed by atoms with Crippen molar-refractivity contribution in [1.29, 1.82) is 0 Å². The maximum absolute atomic E-state index is 13.8. The minimum absolute atomic E-state index is 0.0300. The molecule has 10 heteroatoms. The van der Waals surface area contributed by atoms with Gasteiger partial charge in [0.2, 0.25) is 23.6 Å². The van der Waals surface area contributed by atoms with Crippen LogP contribution in [0.15, 0.2) is 42.5 Å². The molecule has 0 aromatic heterocycles. The van der Waals surface area contributed by atoms with Crippen molar-refractivity contribution in [3.05, 3.63) is 48.0 Å². The van der Waals surface area contributed by atoms with Crippen molar-refractivity contribution in [2.75, 3.05) is 32.9 Å². The van der Waals surface area contributed by atoms with Crippen LogP contribution < -0.4 is 16.0 Å². The second kappa shape index (κ2) is 14.5. The molecule has 0 aliphatic carbocycles. The highest BCUT2D eigenvalue weighted by Crippen LogP contribution is 2.36. The van der Waals surface area contributed by atoms with E-state index < -0.39 is 23.1 Å². The zero-order valence-corrected chi connectivity index (χ0v) is 26.0. The van der Waals surface area contributed by atoms with Gasteiger partial charge in [-0.15, -0.1) is 0 Å². The Morgan fingerprint density at radius 3 is 2.51 bits per heavy atom. The molecule has 1 aromatic rings. The molecule has 4 rings (SSSR count). The number of piperidine rings is 1. The molecule has 3 aliphatic heterocycles. The number of benzene rings is 1. The summed E-state index contributed by atoms with van der Waals surface area (Å²) >= 11 is 0. The van der Waals surface area contributed by atoms with Crippen LogP contribution in [0.1, 0.15) is 65.4 Å². The average Bonchev–Trinajstić information content (AvgIpc) is 2.97. The van der Waals surface area contributed by atoms with Crippen LogP contribution in [0, 0.1) is 11.3 Å². The predicted molar refractivity (Wildman–Crippen MR) is 163 cm³/mol. The summed E-state index contributed by atoms with van der Waals surface area (Å²) in [5.74, 6) is -0.822. The number of carbonyl (C=O) groups excluding carboxylic acids is 4. The Kier molecular flexibility index (Phi) is 11.0. The van der Waals surface area contributed by atoms with Crippen molar-refractivity contribution in [2.24, 2.45) is 11.3 Å². The van der Waals surface area contributed by atoms with E-state index in [1.54, 1.807) is 4.90 Å². The Morgan fingerprint density at radius 1 is 1.12 bits per heavy atom. The molecular formula is C33H48N4O6. The topological polar surface area (TPSA) is 126 Å². The number of allylic oxidation sites excluding steroid dienone is 2. The van der Waals surface area contributed by atoms with Crippen LogP contribution >= 0.6 is 0 Å². The second-order valence-electron chi connectivity index (χ2n) is 13.1. The van der Waals surface area contributed by atoms with Crippen LogP contribution in [0.2, 0.25) is 0 Å². The fraction of sp³-hybridized carbons (Fsp3) is 0.636. The zero-order chi connectivity index (χ0) is 31.0. The standard InChI is InChI=1S/C33H48N4O6/c1-23(38)34-28(22-43-32(2,3)4)30(40)37-17-13-26-25(21-37)12-8-9-14-33(15-18-42-19-16-33)31(41)36-27(29(39)35-26)20-24-10-6-5-7-11-24/h5-11,25-28H,12-22H2,1-4H3,(H,34,38)(H,35,39)(H,36,41)/b9-8+/t25-,26-,27+,28-/m0/s1. The molecule has 1 aromatic carbocycles. The third-order valence-corrected chi connectivity index (χ3v) is 8.68. The number of fused-ring (bicyclic) bond motifs is 1. The highest BCUT2D eigenvalue weighted by atomic mass is 16.5. The van der Waals surface area contributed by atoms with Gasteiger partial charge in [0.25, 0.3) is 0 Å². The lowest BCUT2D eigenvalue weighted by molar-refractivity contribution is -0.142. The first-order valence-electron chi connectivity index (χ1n) is 15.5. The second-order valence-corrected chi connectivity index (χ2v) is 13.1. The first kappa shape index (κ1) is 32.7. The number of rotatable bonds is 6. The molecule has 0 unspecified atom stereocenters. The Labute approximate surface area is 255 Å². The van der Waals surface area contributed by atoms with E-state index >= 15 is 0 Å². The molecule has 0 bridgehead atoms. The third kappa shape index (κ3) is 9.13.